The van der Waals surface area contributed by atoms with Crippen molar-refractivity contribution in [3.8, 4) is 0 Å². The second-order valence-electron chi connectivity index (χ2n) is 6.64. The molecule has 0 bridgehead atoms. The maximum atomic E-state index is 5.56. The number of nitrogens with zero attached hydrogens (tertiary/aromatic N) is 5. The first-order valence-corrected chi connectivity index (χ1v) is 8.38. The number of hydrogen-bond donors (Lipinski definition) is 1. The molecule has 1 aliphatic heterocycles. The van der Waals surface area contributed by atoms with Gasteiger partial charge < -0.3 is 9.64 Å². The fraction of sp³-hybridized carbons (Fsp3) is 0.588. The molecule has 0 spiro atoms. The highest BCUT2D eigenvalue weighted by atomic mass is 16.5. The number of likely N-dealkylation sites (tertiary alicyclic amines) is 1. The topological polar surface area (TPSA) is 70.2 Å². The van der Waals surface area contributed by atoms with Gasteiger partial charge in [0.25, 0.3) is 0 Å². The minimum atomic E-state index is 0.204. The van der Waals surface area contributed by atoms with Crippen LogP contribution < -0.4 is 4.90 Å². The molecule has 0 aliphatic carbocycles. The van der Waals surface area contributed by atoms with Crippen molar-refractivity contribution in [1.82, 2.24) is 25.1 Å². The number of aromatic nitrogens is 4. The summed E-state index contributed by atoms with van der Waals surface area (Å²) in [5.74, 6) is 1.90. The van der Waals surface area contributed by atoms with Crippen molar-refractivity contribution >= 4 is 5.82 Å². The smallest absolute Gasteiger partial charge is 0.141 e. The number of aromatic amines is 1. The Hall–Kier alpha value is -1.99. The molecule has 0 aromatic carbocycles. The van der Waals surface area contributed by atoms with Gasteiger partial charge in [-0.1, -0.05) is 6.07 Å². The summed E-state index contributed by atoms with van der Waals surface area (Å²) in [6.45, 7) is 6.03. The first kappa shape index (κ1) is 16.9. The van der Waals surface area contributed by atoms with Crippen LogP contribution in [0.15, 0.2) is 24.7 Å². The van der Waals surface area contributed by atoms with E-state index in [2.05, 4.69) is 63.0 Å². The predicted molar refractivity (Wildman–Crippen MR) is 92.7 cm³/mol. The second kappa shape index (κ2) is 7.27. The lowest BCUT2D eigenvalue weighted by Gasteiger charge is -2.24. The van der Waals surface area contributed by atoms with Crippen LogP contribution in [0.4, 0.5) is 5.82 Å². The molecule has 130 valence electrons. The number of rotatable bonds is 6. The molecule has 0 radical (unpaired) electrons. The summed E-state index contributed by atoms with van der Waals surface area (Å²) < 4.78 is 5.56. The third-order valence-corrected chi connectivity index (χ3v) is 4.78. The van der Waals surface area contributed by atoms with Gasteiger partial charge >= 0.3 is 0 Å². The van der Waals surface area contributed by atoms with E-state index in [-0.39, 0.29) is 12.1 Å². The largest absolute Gasteiger partial charge is 0.380 e. The zero-order chi connectivity index (χ0) is 17.1. The summed E-state index contributed by atoms with van der Waals surface area (Å²) in [5.41, 5.74) is 1.19. The van der Waals surface area contributed by atoms with Crippen LogP contribution in [-0.4, -0.2) is 57.9 Å². The number of anilines is 1. The number of H-pyrrole nitrogens is 1. The van der Waals surface area contributed by atoms with Crippen molar-refractivity contribution in [1.29, 1.82) is 0 Å². The molecule has 2 aromatic rings. The molecule has 7 heteroatoms. The number of nitrogens with one attached hydrogen (secondary N) is 1. The maximum Gasteiger partial charge on any atom is 0.141 e. The fourth-order valence-electron chi connectivity index (χ4n) is 3.08. The number of pyridine rings is 1. The second-order valence-corrected chi connectivity index (χ2v) is 6.64. The lowest BCUT2D eigenvalue weighted by molar-refractivity contribution is 0.107. The van der Waals surface area contributed by atoms with Gasteiger partial charge in [-0.05, 0) is 31.9 Å². The van der Waals surface area contributed by atoms with E-state index in [1.807, 2.05) is 6.20 Å². The summed E-state index contributed by atoms with van der Waals surface area (Å²) in [4.78, 5) is 13.5. The maximum absolute atomic E-state index is 5.56. The van der Waals surface area contributed by atoms with Crippen molar-refractivity contribution in [3.63, 3.8) is 0 Å². The third kappa shape index (κ3) is 3.57. The van der Waals surface area contributed by atoms with Gasteiger partial charge in [-0.2, -0.15) is 5.10 Å². The van der Waals surface area contributed by atoms with E-state index in [0.717, 1.165) is 31.2 Å². The molecule has 1 aliphatic rings. The Labute approximate surface area is 143 Å². The number of hydrogen-bond acceptors (Lipinski definition) is 6. The average molecular weight is 330 g/mol. The molecule has 3 heterocycles. The van der Waals surface area contributed by atoms with Crippen LogP contribution in [0.1, 0.15) is 37.7 Å². The van der Waals surface area contributed by atoms with Gasteiger partial charge in [0.2, 0.25) is 0 Å². The molecule has 3 rings (SSSR count). The van der Waals surface area contributed by atoms with E-state index < -0.39 is 0 Å². The van der Waals surface area contributed by atoms with Gasteiger partial charge in [-0.15, -0.1) is 0 Å². The Kier molecular flexibility index (Phi) is 5.11. The molecule has 1 N–H and O–H groups in total. The summed E-state index contributed by atoms with van der Waals surface area (Å²) in [6.07, 6.45) is 4.67. The van der Waals surface area contributed by atoms with Crippen LogP contribution in [0.25, 0.3) is 0 Å². The molecule has 0 unspecified atom stereocenters. The van der Waals surface area contributed by atoms with E-state index in [1.165, 1.54) is 5.56 Å². The normalized spacial score (nSPS) is 21.5. The third-order valence-electron chi connectivity index (χ3n) is 4.78. The molecular weight excluding hydrogens is 304 g/mol. The van der Waals surface area contributed by atoms with Crippen molar-refractivity contribution in [2.75, 3.05) is 25.6 Å². The monoisotopic (exact) mass is 330 g/mol. The summed E-state index contributed by atoms with van der Waals surface area (Å²) >= 11 is 0. The lowest BCUT2D eigenvalue weighted by Crippen LogP contribution is -2.27. The van der Waals surface area contributed by atoms with Gasteiger partial charge in [-0.3, -0.25) is 10.00 Å². The van der Waals surface area contributed by atoms with E-state index in [1.54, 1.807) is 13.4 Å². The molecule has 0 amide bonds. The minimum absolute atomic E-state index is 0.204. The summed E-state index contributed by atoms with van der Waals surface area (Å²) in [5, 5.41) is 6.98. The van der Waals surface area contributed by atoms with E-state index in [9.17, 15) is 0 Å². The zero-order valence-corrected chi connectivity index (χ0v) is 14.8. The van der Waals surface area contributed by atoms with Crippen LogP contribution in [0, 0.1) is 0 Å². The highest BCUT2D eigenvalue weighted by Gasteiger charge is 2.34. The fourth-order valence-corrected chi connectivity index (χ4v) is 3.08. The molecule has 7 nitrogen and oxygen atoms in total. The zero-order valence-electron chi connectivity index (χ0n) is 14.8. The Morgan fingerprint density at radius 1 is 1.38 bits per heavy atom. The van der Waals surface area contributed by atoms with Crippen LogP contribution in [0.2, 0.25) is 0 Å². The molecule has 2 aromatic heterocycles. The Bertz CT molecular complexity index is 627. The first-order chi connectivity index (χ1) is 11.6. The SMILES string of the molecule is CO[C@@H]1C[C@@H](c2ncn[nH]2)N(Cc2ccc(N(C)C(C)C)nc2)C1. The summed E-state index contributed by atoms with van der Waals surface area (Å²) in [7, 11) is 3.83. The predicted octanol–water partition coefficient (Wildman–Crippen LogP) is 2.01. The Balaban J connectivity index is 1.71. The first-order valence-electron chi connectivity index (χ1n) is 8.38. The van der Waals surface area contributed by atoms with E-state index in [0.29, 0.717) is 6.04 Å². The van der Waals surface area contributed by atoms with Crippen LogP contribution >= 0.6 is 0 Å². The van der Waals surface area contributed by atoms with Crippen LogP contribution in [0.5, 0.6) is 0 Å². The standard InChI is InChI=1S/C17H26N6O/c1-12(2)22(3)16-6-5-13(8-18-16)9-23-10-14(24-4)7-15(23)17-19-11-20-21-17/h5-6,8,11-12,14-15H,7,9-10H2,1-4H3,(H,19,20,21)/t14-,15+/m1/s1. The van der Waals surface area contributed by atoms with Gasteiger partial charge in [0.05, 0.1) is 12.1 Å². The van der Waals surface area contributed by atoms with E-state index >= 15 is 0 Å². The Morgan fingerprint density at radius 2 is 2.21 bits per heavy atom. The van der Waals surface area contributed by atoms with Gasteiger partial charge in [0, 0.05) is 39.5 Å². The minimum Gasteiger partial charge on any atom is -0.380 e. The lowest BCUT2D eigenvalue weighted by atomic mass is 10.2. The summed E-state index contributed by atoms with van der Waals surface area (Å²) in [6, 6.07) is 4.87. The molecule has 1 fully saturated rings. The van der Waals surface area contributed by atoms with Crippen molar-refractivity contribution in [2.45, 2.75) is 45.0 Å². The Morgan fingerprint density at radius 3 is 2.79 bits per heavy atom. The van der Waals surface area contributed by atoms with Gasteiger partial charge in [-0.25, -0.2) is 9.97 Å². The molecular formula is C17H26N6O. The van der Waals surface area contributed by atoms with Crippen LogP contribution in [0.3, 0.4) is 0 Å². The van der Waals surface area contributed by atoms with E-state index in [4.69, 9.17) is 4.74 Å². The molecule has 24 heavy (non-hydrogen) atoms. The molecule has 1 saturated heterocycles. The average Bonchev–Trinajstić information content (AvgIpc) is 3.24. The highest BCUT2D eigenvalue weighted by Crippen LogP contribution is 2.32. The van der Waals surface area contributed by atoms with Gasteiger partial charge in [0.1, 0.15) is 18.0 Å². The quantitative estimate of drug-likeness (QED) is 0.874. The number of methoxy groups -OCH3 is 1. The van der Waals surface area contributed by atoms with Crippen molar-refractivity contribution in [2.24, 2.45) is 0 Å². The molecule has 2 atom stereocenters. The molecule has 0 saturated carbocycles. The van der Waals surface area contributed by atoms with Crippen LogP contribution in [-0.2, 0) is 11.3 Å². The number of ether oxygens (including phenoxy) is 1. The van der Waals surface area contributed by atoms with Crippen molar-refractivity contribution < 1.29 is 4.74 Å². The highest BCUT2D eigenvalue weighted by molar-refractivity contribution is 5.39. The van der Waals surface area contributed by atoms with Crippen molar-refractivity contribution in [3.05, 3.63) is 36.0 Å². The van der Waals surface area contributed by atoms with Gasteiger partial charge in [0.15, 0.2) is 0 Å².